The first-order chi connectivity index (χ1) is 6.06. The molecule has 76 valence electrons. The van der Waals surface area contributed by atoms with Crippen molar-refractivity contribution in [3.05, 3.63) is 0 Å². The molecule has 0 aromatic carbocycles. The van der Waals surface area contributed by atoms with E-state index in [-0.39, 0.29) is 31.2 Å². The van der Waals surface area contributed by atoms with Gasteiger partial charge in [0.2, 0.25) is 0 Å². The molecule has 0 fully saturated rings. The molecule has 1 N–H and O–H groups in total. The number of likely N-dealkylation sites (N-methyl/N-ethyl adjacent to an activating group) is 1. The van der Waals surface area contributed by atoms with Crippen LogP contribution in [0.3, 0.4) is 0 Å². The van der Waals surface area contributed by atoms with Crippen LogP contribution in [0.15, 0.2) is 0 Å². The van der Waals surface area contributed by atoms with Crippen molar-refractivity contribution in [2.24, 2.45) is 0 Å². The second kappa shape index (κ2) is 6.42. The van der Waals surface area contributed by atoms with Gasteiger partial charge in [0.25, 0.3) is 0 Å². The van der Waals surface area contributed by atoms with Crippen LogP contribution in [0.5, 0.6) is 0 Å². The Kier molecular flexibility index (Phi) is 5.88. The van der Waals surface area contributed by atoms with Crippen molar-refractivity contribution in [2.75, 3.05) is 20.3 Å². The van der Waals surface area contributed by atoms with Crippen molar-refractivity contribution in [3.8, 4) is 0 Å². The van der Waals surface area contributed by atoms with Gasteiger partial charge in [0, 0.05) is 13.8 Å². The summed E-state index contributed by atoms with van der Waals surface area (Å²) >= 11 is 0. The van der Waals surface area contributed by atoms with Crippen molar-refractivity contribution in [1.82, 2.24) is 5.32 Å². The van der Waals surface area contributed by atoms with Crippen LogP contribution in [0.25, 0.3) is 0 Å². The second-order valence-electron chi connectivity index (χ2n) is 2.59. The fraction of sp³-hybridized carbons (Fsp3) is 0.750. The van der Waals surface area contributed by atoms with Gasteiger partial charge in [-0.1, -0.05) is 0 Å². The minimum absolute atomic E-state index is 0.146. The summed E-state index contributed by atoms with van der Waals surface area (Å²) in [6, 6.07) is -0.146. The van der Waals surface area contributed by atoms with E-state index in [0.29, 0.717) is 0 Å². The highest BCUT2D eigenvalue weighted by atomic mass is 16.5. The molecule has 0 spiro atoms. The molecule has 0 saturated heterocycles. The summed E-state index contributed by atoms with van der Waals surface area (Å²) in [5.74, 6) is -0.689. The van der Waals surface area contributed by atoms with E-state index in [4.69, 9.17) is 9.47 Å². The van der Waals surface area contributed by atoms with Gasteiger partial charge in [0.1, 0.15) is 13.2 Å². The number of nitrogens with one attached hydrogen (secondary N) is 1. The van der Waals surface area contributed by atoms with Crippen LogP contribution in [-0.4, -0.2) is 38.2 Å². The molecule has 0 aliphatic carbocycles. The normalized spacial score (nSPS) is 9.85. The summed E-state index contributed by atoms with van der Waals surface area (Å²) in [5, 5.41) is 2.86. The Morgan fingerprint density at radius 3 is 1.77 bits per heavy atom. The highest BCUT2D eigenvalue weighted by Crippen LogP contribution is 1.88. The van der Waals surface area contributed by atoms with E-state index in [2.05, 4.69) is 5.32 Å². The average molecular weight is 189 g/mol. The van der Waals surface area contributed by atoms with E-state index in [1.807, 2.05) is 0 Å². The van der Waals surface area contributed by atoms with Crippen LogP contribution >= 0.6 is 0 Å². The highest BCUT2D eigenvalue weighted by Gasteiger charge is 2.09. The molecule has 0 bridgehead atoms. The molecule has 0 aromatic heterocycles. The van der Waals surface area contributed by atoms with Gasteiger partial charge in [-0.2, -0.15) is 0 Å². The number of ether oxygens (including phenoxy) is 2. The molecule has 0 radical (unpaired) electrons. The fourth-order valence-electron chi connectivity index (χ4n) is 0.651. The number of esters is 2. The Labute approximate surface area is 77.4 Å². The van der Waals surface area contributed by atoms with Gasteiger partial charge in [-0.05, 0) is 7.05 Å². The van der Waals surface area contributed by atoms with Crippen LogP contribution in [-0.2, 0) is 19.1 Å². The van der Waals surface area contributed by atoms with Crippen LogP contribution in [0.4, 0.5) is 0 Å². The number of carbonyl (C=O) groups excluding carboxylic acids is 2. The lowest BCUT2D eigenvalue weighted by atomic mass is 10.3. The molecule has 0 saturated carbocycles. The van der Waals surface area contributed by atoms with Gasteiger partial charge in [-0.25, -0.2) is 0 Å². The molecule has 5 nitrogen and oxygen atoms in total. The summed E-state index contributed by atoms with van der Waals surface area (Å²) < 4.78 is 9.47. The zero-order chi connectivity index (χ0) is 10.3. The Morgan fingerprint density at radius 2 is 1.54 bits per heavy atom. The summed E-state index contributed by atoms with van der Waals surface area (Å²) in [4.78, 5) is 20.9. The van der Waals surface area contributed by atoms with Crippen LogP contribution in [0.1, 0.15) is 13.8 Å². The third-order valence-electron chi connectivity index (χ3n) is 1.38. The fourth-order valence-corrected chi connectivity index (χ4v) is 0.651. The van der Waals surface area contributed by atoms with Gasteiger partial charge < -0.3 is 14.8 Å². The maximum atomic E-state index is 10.4. The lowest BCUT2D eigenvalue weighted by molar-refractivity contribution is -0.144. The molecular formula is C8H15NO4. The van der Waals surface area contributed by atoms with E-state index in [1.165, 1.54) is 13.8 Å². The predicted molar refractivity (Wildman–Crippen MR) is 46.1 cm³/mol. The van der Waals surface area contributed by atoms with E-state index in [1.54, 1.807) is 7.05 Å². The van der Waals surface area contributed by atoms with E-state index in [0.717, 1.165) is 0 Å². The molecular weight excluding hydrogens is 174 g/mol. The predicted octanol–water partition coefficient (Wildman–Crippen LogP) is -0.299. The first kappa shape index (κ1) is 11.9. The zero-order valence-electron chi connectivity index (χ0n) is 8.12. The van der Waals surface area contributed by atoms with Crippen molar-refractivity contribution in [3.63, 3.8) is 0 Å². The topological polar surface area (TPSA) is 64.6 Å². The van der Waals surface area contributed by atoms with Crippen LogP contribution < -0.4 is 5.32 Å². The number of hydrogen-bond donors (Lipinski definition) is 1. The Hall–Kier alpha value is -1.10. The Balaban J connectivity index is 3.63. The van der Waals surface area contributed by atoms with Crippen molar-refractivity contribution < 1.29 is 19.1 Å². The lowest BCUT2D eigenvalue weighted by Crippen LogP contribution is -2.36. The molecule has 0 aliphatic heterocycles. The molecule has 0 heterocycles. The van der Waals surface area contributed by atoms with Gasteiger partial charge in [-0.3, -0.25) is 9.59 Å². The first-order valence-electron chi connectivity index (χ1n) is 4.00. The third-order valence-corrected chi connectivity index (χ3v) is 1.38. The summed E-state index contributed by atoms with van der Waals surface area (Å²) in [6.07, 6.45) is 0. The molecule has 5 heteroatoms. The van der Waals surface area contributed by atoms with Gasteiger partial charge in [0.05, 0.1) is 6.04 Å². The van der Waals surface area contributed by atoms with Crippen molar-refractivity contribution in [2.45, 2.75) is 19.9 Å². The smallest absolute Gasteiger partial charge is 0.302 e. The lowest BCUT2D eigenvalue weighted by Gasteiger charge is -2.14. The summed E-state index contributed by atoms with van der Waals surface area (Å²) in [5.41, 5.74) is 0. The number of rotatable bonds is 5. The van der Waals surface area contributed by atoms with E-state index in [9.17, 15) is 9.59 Å². The first-order valence-corrected chi connectivity index (χ1v) is 4.00. The zero-order valence-corrected chi connectivity index (χ0v) is 8.12. The molecule has 0 amide bonds. The van der Waals surface area contributed by atoms with Gasteiger partial charge in [0.15, 0.2) is 0 Å². The molecule has 0 unspecified atom stereocenters. The maximum Gasteiger partial charge on any atom is 0.302 e. The third kappa shape index (κ3) is 7.27. The van der Waals surface area contributed by atoms with Crippen molar-refractivity contribution in [1.29, 1.82) is 0 Å². The SMILES string of the molecule is CNC(COC(C)=O)COC(C)=O. The van der Waals surface area contributed by atoms with E-state index < -0.39 is 0 Å². The van der Waals surface area contributed by atoms with Crippen LogP contribution in [0.2, 0.25) is 0 Å². The van der Waals surface area contributed by atoms with Crippen LogP contribution in [0, 0.1) is 0 Å². The second-order valence-corrected chi connectivity index (χ2v) is 2.59. The van der Waals surface area contributed by atoms with E-state index >= 15 is 0 Å². The number of carbonyl (C=O) groups is 2. The van der Waals surface area contributed by atoms with Gasteiger partial charge >= 0.3 is 11.9 Å². The summed E-state index contributed by atoms with van der Waals surface area (Å²) in [6.45, 7) is 3.08. The quantitative estimate of drug-likeness (QED) is 0.601. The Bertz CT molecular complexity index is 163. The molecule has 0 atom stereocenters. The minimum atomic E-state index is -0.344. The molecule has 0 aliphatic rings. The van der Waals surface area contributed by atoms with Gasteiger partial charge in [-0.15, -0.1) is 0 Å². The Morgan fingerprint density at radius 1 is 1.15 bits per heavy atom. The molecule has 0 rings (SSSR count). The minimum Gasteiger partial charge on any atom is -0.464 e. The monoisotopic (exact) mass is 189 g/mol. The summed E-state index contributed by atoms with van der Waals surface area (Å²) in [7, 11) is 1.71. The maximum absolute atomic E-state index is 10.4. The van der Waals surface area contributed by atoms with Crippen molar-refractivity contribution >= 4 is 11.9 Å². The largest absolute Gasteiger partial charge is 0.464 e. The molecule has 0 aromatic rings. The average Bonchev–Trinajstić information content (AvgIpc) is 2.04. The number of hydrogen-bond acceptors (Lipinski definition) is 5. The standard InChI is InChI=1S/C8H15NO4/c1-6(10)12-4-8(9-3)5-13-7(2)11/h8-9H,4-5H2,1-3H3. The molecule has 13 heavy (non-hydrogen) atoms. The highest BCUT2D eigenvalue weighted by molar-refractivity contribution is 5.66.